The predicted molar refractivity (Wildman–Crippen MR) is 108 cm³/mol. The van der Waals surface area contributed by atoms with E-state index in [1.807, 2.05) is 59.5 Å². The maximum absolute atomic E-state index is 12.9. The highest BCUT2D eigenvalue weighted by molar-refractivity contribution is 5.96. The van der Waals surface area contributed by atoms with Gasteiger partial charge in [-0.2, -0.15) is 0 Å². The van der Waals surface area contributed by atoms with Crippen molar-refractivity contribution in [2.45, 2.75) is 52.1 Å². The fraction of sp³-hybridized carbons (Fsp3) is 0.391. The normalized spacial score (nSPS) is 17.0. The van der Waals surface area contributed by atoms with Crippen molar-refractivity contribution in [2.75, 3.05) is 5.32 Å². The van der Waals surface area contributed by atoms with E-state index in [-0.39, 0.29) is 23.8 Å². The Hall–Kier alpha value is -2.62. The molecule has 0 radical (unpaired) electrons. The Balaban J connectivity index is 1.63. The highest BCUT2D eigenvalue weighted by Crippen LogP contribution is 2.28. The van der Waals surface area contributed by atoms with Gasteiger partial charge < -0.3 is 10.2 Å². The van der Waals surface area contributed by atoms with Crippen LogP contribution in [0.4, 0.5) is 5.69 Å². The molecule has 1 aliphatic rings. The number of nitrogens with zero attached hydrogens (tertiary/aromatic N) is 1. The Morgan fingerprint density at radius 2 is 1.85 bits per heavy atom. The number of carbonyl (C=O) groups excluding carboxylic acids is 2. The van der Waals surface area contributed by atoms with E-state index in [0.29, 0.717) is 25.8 Å². The van der Waals surface area contributed by atoms with Gasteiger partial charge in [0.2, 0.25) is 11.8 Å². The molecule has 0 saturated heterocycles. The van der Waals surface area contributed by atoms with Gasteiger partial charge in [0.1, 0.15) is 0 Å². The standard InChI is InChI=1S/C23H28N2O2/c1-3-17(2)25(16-18-9-5-4-6-10-18)22(26)14-13-20-15-19-11-7-8-12-21(19)24-23(20)27/h4-12,17,20H,3,13-16H2,1-2H3,(H,24,27)/t17-,20+/m1/s1. The third-order valence-electron chi connectivity index (χ3n) is 5.46. The first kappa shape index (κ1) is 19.2. The van der Waals surface area contributed by atoms with Crippen LogP contribution < -0.4 is 5.32 Å². The molecule has 0 aliphatic carbocycles. The minimum Gasteiger partial charge on any atom is -0.336 e. The van der Waals surface area contributed by atoms with E-state index >= 15 is 0 Å². The lowest BCUT2D eigenvalue weighted by molar-refractivity contribution is -0.134. The molecule has 1 aliphatic heterocycles. The second kappa shape index (κ2) is 8.85. The van der Waals surface area contributed by atoms with Crippen molar-refractivity contribution in [1.82, 2.24) is 4.90 Å². The molecule has 2 aromatic carbocycles. The van der Waals surface area contributed by atoms with Gasteiger partial charge in [-0.05, 0) is 43.4 Å². The summed E-state index contributed by atoms with van der Waals surface area (Å²) in [7, 11) is 0. The van der Waals surface area contributed by atoms with Crippen molar-refractivity contribution in [2.24, 2.45) is 5.92 Å². The van der Waals surface area contributed by atoms with Crippen molar-refractivity contribution in [3.63, 3.8) is 0 Å². The van der Waals surface area contributed by atoms with E-state index in [4.69, 9.17) is 0 Å². The lowest BCUT2D eigenvalue weighted by Crippen LogP contribution is -2.38. The number of carbonyl (C=O) groups is 2. The lowest BCUT2D eigenvalue weighted by Gasteiger charge is -2.30. The average Bonchev–Trinajstić information content (AvgIpc) is 2.70. The van der Waals surface area contributed by atoms with Crippen LogP contribution in [0.5, 0.6) is 0 Å². The van der Waals surface area contributed by atoms with Gasteiger partial charge in [-0.3, -0.25) is 9.59 Å². The molecule has 0 spiro atoms. The van der Waals surface area contributed by atoms with Crippen molar-refractivity contribution < 1.29 is 9.59 Å². The van der Waals surface area contributed by atoms with Gasteiger partial charge in [-0.25, -0.2) is 0 Å². The van der Waals surface area contributed by atoms with Crippen LogP contribution in [-0.4, -0.2) is 22.8 Å². The summed E-state index contributed by atoms with van der Waals surface area (Å²) in [6, 6.07) is 18.2. The fourth-order valence-corrected chi connectivity index (χ4v) is 3.58. The van der Waals surface area contributed by atoms with Crippen molar-refractivity contribution in [1.29, 1.82) is 0 Å². The molecule has 142 valence electrons. The van der Waals surface area contributed by atoms with Crippen molar-refractivity contribution >= 4 is 17.5 Å². The van der Waals surface area contributed by atoms with Crippen LogP contribution in [0.3, 0.4) is 0 Å². The van der Waals surface area contributed by atoms with E-state index < -0.39 is 0 Å². The van der Waals surface area contributed by atoms with Crippen LogP contribution in [0, 0.1) is 5.92 Å². The quantitative estimate of drug-likeness (QED) is 0.791. The average molecular weight is 364 g/mol. The number of anilines is 1. The molecule has 4 nitrogen and oxygen atoms in total. The largest absolute Gasteiger partial charge is 0.336 e. The van der Waals surface area contributed by atoms with Gasteiger partial charge in [0, 0.05) is 30.6 Å². The number of hydrogen-bond acceptors (Lipinski definition) is 2. The van der Waals surface area contributed by atoms with Crippen LogP contribution in [-0.2, 0) is 22.6 Å². The maximum atomic E-state index is 12.9. The number of para-hydroxylation sites is 1. The molecule has 2 amide bonds. The van der Waals surface area contributed by atoms with Crippen LogP contribution in [0.25, 0.3) is 0 Å². The molecule has 2 atom stereocenters. The van der Waals surface area contributed by atoms with Gasteiger partial charge in [-0.15, -0.1) is 0 Å². The topological polar surface area (TPSA) is 49.4 Å². The Bertz CT molecular complexity index is 788. The van der Waals surface area contributed by atoms with Crippen LogP contribution in [0.15, 0.2) is 54.6 Å². The summed E-state index contributed by atoms with van der Waals surface area (Å²) in [5, 5.41) is 2.97. The number of amides is 2. The highest BCUT2D eigenvalue weighted by atomic mass is 16.2. The molecule has 3 rings (SSSR count). The molecule has 4 heteroatoms. The highest BCUT2D eigenvalue weighted by Gasteiger charge is 2.27. The second-order valence-corrected chi connectivity index (χ2v) is 7.35. The van der Waals surface area contributed by atoms with Gasteiger partial charge in [-0.1, -0.05) is 55.5 Å². The molecule has 2 aromatic rings. The minimum atomic E-state index is -0.139. The molecule has 0 unspecified atom stereocenters. The number of rotatable bonds is 7. The van der Waals surface area contributed by atoms with Crippen molar-refractivity contribution in [3.05, 3.63) is 65.7 Å². The SMILES string of the molecule is CC[C@@H](C)N(Cc1ccccc1)C(=O)CC[C@H]1Cc2ccccc2NC1=O. The fourth-order valence-electron chi connectivity index (χ4n) is 3.58. The molecule has 1 heterocycles. The summed E-state index contributed by atoms with van der Waals surface area (Å²) in [6.45, 7) is 4.81. The molecular weight excluding hydrogens is 336 g/mol. The van der Waals surface area contributed by atoms with Gasteiger partial charge in [0.05, 0.1) is 0 Å². The van der Waals surface area contributed by atoms with E-state index in [9.17, 15) is 9.59 Å². The first-order valence-corrected chi connectivity index (χ1v) is 9.80. The Labute approximate surface area is 161 Å². The smallest absolute Gasteiger partial charge is 0.227 e. The minimum absolute atomic E-state index is 0.0275. The second-order valence-electron chi connectivity index (χ2n) is 7.35. The molecule has 27 heavy (non-hydrogen) atoms. The third kappa shape index (κ3) is 4.76. The number of fused-ring (bicyclic) bond motifs is 1. The van der Waals surface area contributed by atoms with Gasteiger partial charge >= 0.3 is 0 Å². The summed E-state index contributed by atoms with van der Waals surface area (Å²) in [5.41, 5.74) is 3.18. The zero-order valence-corrected chi connectivity index (χ0v) is 16.2. The van der Waals surface area contributed by atoms with E-state index in [0.717, 1.165) is 23.2 Å². The van der Waals surface area contributed by atoms with E-state index in [2.05, 4.69) is 19.2 Å². The van der Waals surface area contributed by atoms with E-state index in [1.165, 1.54) is 0 Å². The Morgan fingerprint density at radius 3 is 2.59 bits per heavy atom. The summed E-state index contributed by atoms with van der Waals surface area (Å²) in [6.07, 6.45) is 2.60. The summed E-state index contributed by atoms with van der Waals surface area (Å²) in [5.74, 6) is 0.0128. The molecule has 0 fully saturated rings. The Morgan fingerprint density at radius 1 is 1.15 bits per heavy atom. The Kier molecular flexibility index (Phi) is 6.28. The molecule has 1 N–H and O–H groups in total. The van der Waals surface area contributed by atoms with Crippen LogP contribution in [0.2, 0.25) is 0 Å². The summed E-state index contributed by atoms with van der Waals surface area (Å²) in [4.78, 5) is 27.3. The maximum Gasteiger partial charge on any atom is 0.227 e. The third-order valence-corrected chi connectivity index (χ3v) is 5.46. The first-order valence-electron chi connectivity index (χ1n) is 9.80. The summed E-state index contributed by atoms with van der Waals surface area (Å²) < 4.78 is 0. The molecule has 0 saturated carbocycles. The number of hydrogen-bond donors (Lipinski definition) is 1. The van der Waals surface area contributed by atoms with Crippen molar-refractivity contribution in [3.8, 4) is 0 Å². The monoisotopic (exact) mass is 364 g/mol. The zero-order chi connectivity index (χ0) is 19.2. The summed E-state index contributed by atoms with van der Waals surface area (Å²) >= 11 is 0. The van der Waals surface area contributed by atoms with Crippen LogP contribution in [0.1, 0.15) is 44.2 Å². The first-order chi connectivity index (χ1) is 13.1. The molecule has 0 bridgehead atoms. The number of nitrogens with one attached hydrogen (secondary N) is 1. The molecular formula is C23H28N2O2. The van der Waals surface area contributed by atoms with E-state index in [1.54, 1.807) is 0 Å². The number of benzene rings is 2. The predicted octanol–water partition coefficient (Wildman–Crippen LogP) is 4.40. The van der Waals surface area contributed by atoms with Gasteiger partial charge in [0.25, 0.3) is 0 Å². The zero-order valence-electron chi connectivity index (χ0n) is 16.2. The van der Waals surface area contributed by atoms with Crippen LogP contribution >= 0.6 is 0 Å². The lowest BCUT2D eigenvalue weighted by atomic mass is 9.89. The molecule has 0 aromatic heterocycles. The van der Waals surface area contributed by atoms with Gasteiger partial charge in [0.15, 0.2) is 0 Å².